The molecule has 0 spiro atoms. The van der Waals surface area contributed by atoms with Crippen LogP contribution in [-0.2, 0) is 22.5 Å². The van der Waals surface area contributed by atoms with Crippen LogP contribution in [0.3, 0.4) is 0 Å². The predicted molar refractivity (Wildman–Crippen MR) is 134 cm³/mol. The lowest BCUT2D eigenvalue weighted by Gasteiger charge is -2.33. The van der Waals surface area contributed by atoms with Crippen LogP contribution in [0.2, 0.25) is 0 Å². The van der Waals surface area contributed by atoms with Gasteiger partial charge in [-0.15, -0.1) is 0 Å². The Hall–Kier alpha value is -3.69. The largest absolute Gasteiger partial charge is 0.468 e. The van der Waals surface area contributed by atoms with Crippen LogP contribution in [0, 0.1) is 0 Å². The van der Waals surface area contributed by atoms with E-state index in [1.165, 1.54) is 56.1 Å². The average Bonchev–Trinajstić information content (AvgIpc) is 2.88. The highest BCUT2D eigenvalue weighted by molar-refractivity contribution is 6.17. The number of benzene rings is 5. The van der Waals surface area contributed by atoms with Crippen LogP contribution in [0.25, 0.3) is 32.3 Å². The van der Waals surface area contributed by atoms with Crippen molar-refractivity contribution in [3.05, 3.63) is 108 Å². The number of methoxy groups -OCH3 is 1. The van der Waals surface area contributed by atoms with Crippen LogP contribution < -0.4 is 5.32 Å². The van der Waals surface area contributed by atoms with Gasteiger partial charge in [0.25, 0.3) is 0 Å². The first kappa shape index (κ1) is 20.0. The highest BCUT2D eigenvalue weighted by Gasteiger charge is 2.34. The number of carbonyl (C=O) groups is 1. The third-order valence-electron chi connectivity index (χ3n) is 7.09. The number of nitrogens with one attached hydrogen (secondary N) is 1. The Labute approximate surface area is 193 Å². The minimum atomic E-state index is -0.350. The molecule has 2 unspecified atom stereocenters. The summed E-state index contributed by atoms with van der Waals surface area (Å²) < 4.78 is 5.14. The van der Waals surface area contributed by atoms with E-state index in [1.54, 1.807) is 0 Å². The molecule has 33 heavy (non-hydrogen) atoms. The summed E-state index contributed by atoms with van der Waals surface area (Å²) in [6.45, 7) is 0.682. The number of ether oxygens (including phenoxy) is 1. The van der Waals surface area contributed by atoms with E-state index in [9.17, 15) is 4.79 Å². The Morgan fingerprint density at radius 2 is 1.52 bits per heavy atom. The van der Waals surface area contributed by atoms with Gasteiger partial charge < -0.3 is 4.74 Å². The maximum Gasteiger partial charge on any atom is 0.323 e. The standard InChI is InChI=1S/C30H25NO2/c1-33-30(32)29-28(24-9-5-3-7-22(24)18-31-29)17-19-10-11-21-13-14-25-23-8-4-2-6-20(23)12-15-26(25)27(21)16-19/h2-16,28-29,31H,17-18H2,1H3. The van der Waals surface area contributed by atoms with E-state index in [4.69, 9.17) is 4.74 Å². The third kappa shape index (κ3) is 3.37. The first-order valence-electron chi connectivity index (χ1n) is 11.4. The molecular weight excluding hydrogens is 406 g/mol. The van der Waals surface area contributed by atoms with Gasteiger partial charge in [-0.1, -0.05) is 91.0 Å². The predicted octanol–water partition coefficient (Wildman–Crippen LogP) is 6.12. The van der Waals surface area contributed by atoms with Gasteiger partial charge in [-0.25, -0.2) is 0 Å². The molecule has 0 aromatic heterocycles. The lowest BCUT2D eigenvalue weighted by atomic mass is 9.80. The maximum absolute atomic E-state index is 12.6. The number of fused-ring (bicyclic) bond motifs is 6. The van der Waals surface area contributed by atoms with Crippen molar-refractivity contribution >= 4 is 38.3 Å². The molecule has 5 aromatic carbocycles. The van der Waals surface area contributed by atoms with Crippen LogP contribution in [0.1, 0.15) is 22.6 Å². The monoisotopic (exact) mass is 431 g/mol. The van der Waals surface area contributed by atoms with E-state index in [1.807, 2.05) is 0 Å². The van der Waals surface area contributed by atoms with Crippen molar-refractivity contribution in [1.29, 1.82) is 0 Å². The number of hydrogen-bond donors (Lipinski definition) is 1. The Kier molecular flexibility index (Phi) is 4.85. The summed E-state index contributed by atoms with van der Waals surface area (Å²) in [7, 11) is 1.47. The molecule has 1 N–H and O–H groups in total. The average molecular weight is 432 g/mol. The molecule has 0 amide bonds. The fourth-order valence-electron chi connectivity index (χ4n) is 5.45. The van der Waals surface area contributed by atoms with Crippen molar-refractivity contribution in [2.24, 2.45) is 0 Å². The van der Waals surface area contributed by atoms with Crippen molar-refractivity contribution in [2.75, 3.05) is 7.11 Å². The van der Waals surface area contributed by atoms with Gasteiger partial charge >= 0.3 is 5.97 Å². The van der Waals surface area contributed by atoms with Crippen molar-refractivity contribution in [1.82, 2.24) is 5.32 Å². The van der Waals surface area contributed by atoms with Gasteiger partial charge in [0.05, 0.1) is 7.11 Å². The van der Waals surface area contributed by atoms with Crippen LogP contribution in [0.5, 0.6) is 0 Å². The molecule has 0 saturated carbocycles. The molecule has 0 saturated heterocycles. The van der Waals surface area contributed by atoms with Gasteiger partial charge in [-0.3, -0.25) is 10.1 Å². The lowest BCUT2D eigenvalue weighted by molar-refractivity contribution is -0.144. The molecule has 1 aliphatic rings. The minimum absolute atomic E-state index is 0.0238. The molecule has 3 nitrogen and oxygen atoms in total. The van der Waals surface area contributed by atoms with E-state index in [-0.39, 0.29) is 17.9 Å². The zero-order valence-corrected chi connectivity index (χ0v) is 18.5. The van der Waals surface area contributed by atoms with Gasteiger partial charge in [0.1, 0.15) is 6.04 Å². The molecule has 0 radical (unpaired) electrons. The van der Waals surface area contributed by atoms with Crippen LogP contribution in [0.4, 0.5) is 0 Å². The van der Waals surface area contributed by atoms with Gasteiger partial charge in [0, 0.05) is 12.5 Å². The molecule has 0 bridgehead atoms. The summed E-state index contributed by atoms with van der Waals surface area (Å²) in [5.74, 6) is -0.178. The van der Waals surface area contributed by atoms with Crippen molar-refractivity contribution < 1.29 is 9.53 Å². The Bertz CT molecular complexity index is 1520. The summed E-state index contributed by atoms with van der Waals surface area (Å²) in [4.78, 5) is 12.6. The first-order chi connectivity index (χ1) is 16.2. The third-order valence-corrected chi connectivity index (χ3v) is 7.09. The summed E-state index contributed by atoms with van der Waals surface area (Å²) in [6, 6.07) is 32.2. The van der Waals surface area contributed by atoms with Gasteiger partial charge in [-0.05, 0) is 55.4 Å². The Balaban J connectivity index is 1.47. The fraction of sp³-hybridized carbons (Fsp3) is 0.167. The highest BCUT2D eigenvalue weighted by Crippen LogP contribution is 2.35. The quantitative estimate of drug-likeness (QED) is 0.276. The molecular formula is C30H25NO2. The molecule has 5 aromatic rings. The van der Waals surface area contributed by atoms with Crippen molar-refractivity contribution in [3.8, 4) is 0 Å². The van der Waals surface area contributed by atoms with Gasteiger partial charge in [-0.2, -0.15) is 0 Å². The highest BCUT2D eigenvalue weighted by atomic mass is 16.5. The molecule has 2 atom stereocenters. The van der Waals surface area contributed by atoms with E-state index in [2.05, 4.69) is 96.3 Å². The van der Waals surface area contributed by atoms with Crippen molar-refractivity contribution in [2.45, 2.75) is 24.9 Å². The van der Waals surface area contributed by atoms with Gasteiger partial charge in [0.15, 0.2) is 0 Å². The Morgan fingerprint density at radius 3 is 2.36 bits per heavy atom. The topological polar surface area (TPSA) is 38.3 Å². The van der Waals surface area contributed by atoms with Crippen LogP contribution in [-0.4, -0.2) is 19.1 Å². The second kappa shape index (κ2) is 8.02. The summed E-state index contributed by atoms with van der Waals surface area (Å²) in [6.07, 6.45) is 0.768. The maximum atomic E-state index is 12.6. The first-order valence-corrected chi connectivity index (χ1v) is 11.4. The minimum Gasteiger partial charge on any atom is -0.468 e. The number of esters is 1. The number of carbonyl (C=O) groups excluding carboxylic acids is 1. The van der Waals surface area contributed by atoms with E-state index >= 15 is 0 Å². The summed E-state index contributed by atoms with van der Waals surface area (Å²) >= 11 is 0. The zero-order chi connectivity index (χ0) is 22.4. The SMILES string of the molecule is COC(=O)C1NCc2ccccc2C1Cc1ccc2ccc3c4ccccc4ccc3c2c1. The van der Waals surface area contributed by atoms with E-state index < -0.39 is 0 Å². The molecule has 1 heterocycles. The molecule has 6 rings (SSSR count). The molecule has 0 fully saturated rings. The smallest absolute Gasteiger partial charge is 0.323 e. The zero-order valence-electron chi connectivity index (χ0n) is 18.5. The normalized spacial score (nSPS) is 17.8. The molecule has 0 aliphatic carbocycles. The van der Waals surface area contributed by atoms with Gasteiger partial charge in [0.2, 0.25) is 0 Å². The summed E-state index contributed by atoms with van der Waals surface area (Å²) in [5, 5.41) is 11.0. The second-order valence-corrected chi connectivity index (χ2v) is 8.89. The number of rotatable bonds is 3. The van der Waals surface area contributed by atoms with E-state index in [0.717, 1.165) is 6.42 Å². The molecule has 3 heteroatoms. The summed E-state index contributed by atoms with van der Waals surface area (Å²) in [5.41, 5.74) is 3.71. The fourth-order valence-corrected chi connectivity index (χ4v) is 5.45. The lowest BCUT2D eigenvalue weighted by Crippen LogP contribution is -2.46. The van der Waals surface area contributed by atoms with Crippen molar-refractivity contribution in [3.63, 3.8) is 0 Å². The Morgan fingerprint density at radius 1 is 0.818 bits per heavy atom. The molecule has 162 valence electrons. The number of hydrogen-bond acceptors (Lipinski definition) is 3. The van der Waals surface area contributed by atoms with E-state index in [0.29, 0.717) is 6.54 Å². The van der Waals surface area contributed by atoms with Crippen LogP contribution in [0.15, 0.2) is 91.0 Å². The van der Waals surface area contributed by atoms with Crippen LogP contribution >= 0.6 is 0 Å². The second-order valence-electron chi connectivity index (χ2n) is 8.89. The molecule has 1 aliphatic heterocycles.